The molecule has 76 valence electrons. The molecule has 1 rings (SSSR count). The van der Waals surface area contributed by atoms with Crippen molar-refractivity contribution < 1.29 is 4.79 Å². The molecule has 0 spiro atoms. The molecular weight excluding hydrogens is 174 g/mol. The Morgan fingerprint density at radius 1 is 1.21 bits per heavy atom. The van der Waals surface area contributed by atoms with Crippen molar-refractivity contribution in [2.75, 3.05) is 18.5 Å². The van der Waals surface area contributed by atoms with Gasteiger partial charge in [-0.15, -0.1) is 0 Å². The van der Waals surface area contributed by atoms with Crippen LogP contribution in [0, 0.1) is 20.8 Å². The van der Waals surface area contributed by atoms with Crippen LogP contribution in [0.1, 0.15) is 16.7 Å². The van der Waals surface area contributed by atoms with Gasteiger partial charge in [0.2, 0.25) is 0 Å². The van der Waals surface area contributed by atoms with Gasteiger partial charge < -0.3 is 9.69 Å². The normalized spacial score (nSPS) is 10.0. The van der Waals surface area contributed by atoms with Crippen molar-refractivity contribution in [1.82, 2.24) is 0 Å². The summed E-state index contributed by atoms with van der Waals surface area (Å²) in [5.74, 6) is 0. The highest BCUT2D eigenvalue weighted by atomic mass is 16.1. The standard InChI is InChI=1S/C12H17NO/c1-9-5-6-12(11(3)10(9)2)13(4)7-8-14/h5-6,8H,7H2,1-4H3. The van der Waals surface area contributed by atoms with Crippen LogP contribution in [-0.2, 0) is 4.79 Å². The van der Waals surface area contributed by atoms with Gasteiger partial charge in [0.25, 0.3) is 0 Å². The molecule has 2 nitrogen and oxygen atoms in total. The van der Waals surface area contributed by atoms with Gasteiger partial charge in [0.15, 0.2) is 0 Å². The fourth-order valence-corrected chi connectivity index (χ4v) is 1.57. The van der Waals surface area contributed by atoms with E-state index < -0.39 is 0 Å². The summed E-state index contributed by atoms with van der Waals surface area (Å²) in [7, 11) is 1.94. The molecule has 0 unspecified atom stereocenters. The van der Waals surface area contributed by atoms with Crippen LogP contribution < -0.4 is 4.90 Å². The van der Waals surface area contributed by atoms with Gasteiger partial charge in [-0.25, -0.2) is 0 Å². The second-order valence-corrected chi connectivity index (χ2v) is 3.70. The first kappa shape index (κ1) is 10.8. The summed E-state index contributed by atoms with van der Waals surface area (Å²) < 4.78 is 0. The summed E-state index contributed by atoms with van der Waals surface area (Å²) in [4.78, 5) is 12.4. The van der Waals surface area contributed by atoms with E-state index in [1.54, 1.807) is 0 Å². The van der Waals surface area contributed by atoms with Crippen molar-refractivity contribution in [2.24, 2.45) is 0 Å². The molecule has 0 aliphatic rings. The van der Waals surface area contributed by atoms with Crippen LogP contribution in [0.5, 0.6) is 0 Å². The zero-order valence-corrected chi connectivity index (χ0v) is 9.29. The van der Waals surface area contributed by atoms with E-state index in [-0.39, 0.29) is 0 Å². The molecule has 0 aliphatic heterocycles. The molecule has 0 bridgehead atoms. The molecule has 1 aromatic rings. The van der Waals surface area contributed by atoms with Crippen LogP contribution in [0.4, 0.5) is 5.69 Å². The Labute approximate surface area is 85.5 Å². The number of rotatable bonds is 3. The van der Waals surface area contributed by atoms with Crippen molar-refractivity contribution in [1.29, 1.82) is 0 Å². The van der Waals surface area contributed by atoms with E-state index in [0.717, 1.165) is 12.0 Å². The Morgan fingerprint density at radius 3 is 2.43 bits per heavy atom. The smallest absolute Gasteiger partial charge is 0.139 e. The highest BCUT2D eigenvalue weighted by molar-refractivity contribution is 5.64. The summed E-state index contributed by atoms with van der Waals surface area (Å²) in [5, 5.41) is 0. The number of aryl methyl sites for hydroxylation is 1. The van der Waals surface area contributed by atoms with Crippen LogP contribution in [0.25, 0.3) is 0 Å². The minimum absolute atomic E-state index is 0.448. The van der Waals surface area contributed by atoms with Crippen LogP contribution in [-0.4, -0.2) is 19.9 Å². The van der Waals surface area contributed by atoms with Crippen molar-refractivity contribution in [3.8, 4) is 0 Å². The van der Waals surface area contributed by atoms with Crippen molar-refractivity contribution in [2.45, 2.75) is 20.8 Å². The number of likely N-dealkylation sites (N-methyl/N-ethyl adjacent to an activating group) is 1. The zero-order valence-electron chi connectivity index (χ0n) is 9.29. The van der Waals surface area contributed by atoms with Gasteiger partial charge in [0.1, 0.15) is 6.29 Å². The zero-order chi connectivity index (χ0) is 10.7. The van der Waals surface area contributed by atoms with E-state index in [0.29, 0.717) is 6.54 Å². The third-order valence-electron chi connectivity index (χ3n) is 2.79. The van der Waals surface area contributed by atoms with Gasteiger partial charge >= 0.3 is 0 Å². The Morgan fingerprint density at radius 2 is 1.86 bits per heavy atom. The number of carbonyl (C=O) groups excluding carboxylic acids is 1. The topological polar surface area (TPSA) is 20.3 Å². The largest absolute Gasteiger partial charge is 0.367 e. The first-order valence-corrected chi connectivity index (χ1v) is 4.79. The first-order valence-electron chi connectivity index (χ1n) is 4.79. The lowest BCUT2D eigenvalue weighted by molar-refractivity contribution is -0.106. The average Bonchev–Trinajstić information content (AvgIpc) is 2.15. The number of hydrogen-bond acceptors (Lipinski definition) is 2. The molecule has 0 saturated carbocycles. The van der Waals surface area contributed by atoms with Crippen LogP contribution >= 0.6 is 0 Å². The number of aldehydes is 1. The fraction of sp³-hybridized carbons (Fsp3) is 0.417. The third-order valence-corrected chi connectivity index (χ3v) is 2.79. The maximum Gasteiger partial charge on any atom is 0.139 e. The molecule has 14 heavy (non-hydrogen) atoms. The molecular formula is C12H17NO. The maximum atomic E-state index is 10.4. The summed E-state index contributed by atoms with van der Waals surface area (Å²) >= 11 is 0. The predicted molar refractivity (Wildman–Crippen MR) is 60.0 cm³/mol. The molecule has 0 heterocycles. The van der Waals surface area contributed by atoms with E-state index in [2.05, 4.69) is 32.9 Å². The second kappa shape index (κ2) is 4.27. The fourth-order valence-electron chi connectivity index (χ4n) is 1.57. The summed E-state index contributed by atoms with van der Waals surface area (Å²) in [6.45, 7) is 6.76. The minimum Gasteiger partial charge on any atom is -0.367 e. The molecule has 0 fully saturated rings. The molecule has 0 atom stereocenters. The van der Waals surface area contributed by atoms with Crippen LogP contribution in [0.3, 0.4) is 0 Å². The number of benzene rings is 1. The maximum absolute atomic E-state index is 10.4. The molecule has 1 aromatic carbocycles. The first-order chi connectivity index (χ1) is 6.57. The minimum atomic E-state index is 0.448. The van der Waals surface area contributed by atoms with Crippen LogP contribution in [0.15, 0.2) is 12.1 Å². The highest BCUT2D eigenvalue weighted by Crippen LogP contribution is 2.23. The Kier molecular flexibility index (Phi) is 3.28. The van der Waals surface area contributed by atoms with Crippen LogP contribution in [0.2, 0.25) is 0 Å². The third kappa shape index (κ3) is 1.95. The lowest BCUT2D eigenvalue weighted by Gasteiger charge is -2.20. The summed E-state index contributed by atoms with van der Waals surface area (Å²) in [5.41, 5.74) is 5.00. The van der Waals surface area contributed by atoms with E-state index in [4.69, 9.17) is 0 Å². The molecule has 0 radical (unpaired) electrons. The number of hydrogen-bond donors (Lipinski definition) is 0. The second-order valence-electron chi connectivity index (χ2n) is 3.70. The Balaban J connectivity index is 3.10. The van der Waals surface area contributed by atoms with E-state index >= 15 is 0 Å². The summed E-state index contributed by atoms with van der Waals surface area (Å²) in [6.07, 6.45) is 0.925. The molecule has 2 heteroatoms. The van der Waals surface area contributed by atoms with E-state index in [1.807, 2.05) is 11.9 Å². The molecule has 0 N–H and O–H groups in total. The SMILES string of the molecule is Cc1ccc(N(C)CC=O)c(C)c1C. The van der Waals surface area contributed by atoms with Crippen molar-refractivity contribution in [3.63, 3.8) is 0 Å². The van der Waals surface area contributed by atoms with Gasteiger partial charge in [-0.2, -0.15) is 0 Å². The van der Waals surface area contributed by atoms with E-state index in [1.165, 1.54) is 16.7 Å². The average molecular weight is 191 g/mol. The Hall–Kier alpha value is -1.31. The molecule has 0 aliphatic carbocycles. The quantitative estimate of drug-likeness (QED) is 0.683. The number of carbonyl (C=O) groups is 1. The molecule has 0 amide bonds. The van der Waals surface area contributed by atoms with Gasteiger partial charge in [-0.3, -0.25) is 0 Å². The van der Waals surface area contributed by atoms with Gasteiger partial charge in [-0.05, 0) is 43.5 Å². The summed E-state index contributed by atoms with van der Waals surface area (Å²) in [6, 6.07) is 4.17. The molecule has 0 saturated heterocycles. The predicted octanol–water partition coefficient (Wildman–Crippen LogP) is 2.25. The van der Waals surface area contributed by atoms with Crippen molar-refractivity contribution in [3.05, 3.63) is 28.8 Å². The Bertz CT molecular complexity index is 344. The van der Waals surface area contributed by atoms with Gasteiger partial charge in [0, 0.05) is 12.7 Å². The number of anilines is 1. The van der Waals surface area contributed by atoms with Gasteiger partial charge in [0.05, 0.1) is 6.54 Å². The lowest BCUT2D eigenvalue weighted by Crippen LogP contribution is -2.20. The monoisotopic (exact) mass is 191 g/mol. The van der Waals surface area contributed by atoms with E-state index in [9.17, 15) is 4.79 Å². The van der Waals surface area contributed by atoms with Crippen molar-refractivity contribution >= 4 is 12.0 Å². The highest BCUT2D eigenvalue weighted by Gasteiger charge is 2.06. The van der Waals surface area contributed by atoms with Gasteiger partial charge in [-0.1, -0.05) is 6.07 Å². The molecule has 0 aromatic heterocycles. The number of nitrogens with zero attached hydrogens (tertiary/aromatic N) is 1. The lowest BCUT2D eigenvalue weighted by atomic mass is 10.0.